The largest absolute Gasteiger partial charge is 0.327 e. The van der Waals surface area contributed by atoms with Crippen molar-refractivity contribution >= 4 is 60.6 Å². The summed E-state index contributed by atoms with van der Waals surface area (Å²) < 4.78 is 5.73. The van der Waals surface area contributed by atoms with E-state index < -0.39 is 0 Å². The van der Waals surface area contributed by atoms with E-state index in [1.54, 1.807) is 18.2 Å². The van der Waals surface area contributed by atoms with Crippen LogP contribution in [0.4, 0.5) is 0 Å². The van der Waals surface area contributed by atoms with Gasteiger partial charge in [-0.1, -0.05) is 13.8 Å². The summed E-state index contributed by atoms with van der Waals surface area (Å²) in [6, 6.07) is 0.829. The first kappa shape index (κ1) is 17.0. The second kappa shape index (κ2) is 11.1. The maximum absolute atomic E-state index is 5.96. The summed E-state index contributed by atoms with van der Waals surface area (Å²) in [6.07, 6.45) is 2.18. The van der Waals surface area contributed by atoms with Crippen LogP contribution in [0.2, 0.25) is 0 Å². The summed E-state index contributed by atoms with van der Waals surface area (Å²) in [6.45, 7) is 6.36. The summed E-state index contributed by atoms with van der Waals surface area (Å²) in [5, 5.41) is 0. The number of hydrogen-bond acceptors (Lipinski definition) is 5. The van der Waals surface area contributed by atoms with Gasteiger partial charge in [-0.15, -0.1) is 0 Å². The summed E-state index contributed by atoms with van der Waals surface area (Å²) in [4.78, 5) is 0. The molecule has 2 atom stereocenters. The molecule has 0 aromatic heterocycles. The van der Waals surface area contributed by atoms with E-state index in [4.69, 9.17) is 5.73 Å². The first-order chi connectivity index (χ1) is 7.17. The second-order valence-electron chi connectivity index (χ2n) is 3.38. The van der Waals surface area contributed by atoms with Crippen molar-refractivity contribution in [3.63, 3.8) is 0 Å². The molecule has 0 spiro atoms. The van der Waals surface area contributed by atoms with Crippen LogP contribution in [0.5, 0.6) is 0 Å². The van der Waals surface area contributed by atoms with E-state index in [2.05, 4.69) is 65.3 Å². The maximum atomic E-state index is 5.96. The third-order valence-electron chi connectivity index (χ3n) is 2.19. The van der Waals surface area contributed by atoms with Gasteiger partial charge in [-0.05, 0) is 31.1 Å². The maximum Gasteiger partial charge on any atom is 0.0313 e. The number of hydrogen-bond donors (Lipinski definition) is 2. The van der Waals surface area contributed by atoms with Gasteiger partial charge in [-0.3, -0.25) is 4.72 Å². The van der Waals surface area contributed by atoms with Crippen LogP contribution in [0.25, 0.3) is 0 Å². The molecule has 3 N–H and O–H groups in total. The van der Waals surface area contributed by atoms with Gasteiger partial charge in [0.2, 0.25) is 0 Å². The van der Waals surface area contributed by atoms with Crippen LogP contribution < -0.4 is 10.5 Å². The van der Waals surface area contributed by atoms with Crippen LogP contribution >= 0.6 is 60.6 Å². The van der Waals surface area contributed by atoms with Gasteiger partial charge in [0.1, 0.15) is 0 Å². The number of nitrogens with two attached hydrogens (primary N) is 1. The molecule has 92 valence electrons. The standard InChI is InChI=1S/C8H19I2N3S2/c1-3-7(11)5-13(15-10)6-8(4-2)12-14-9/h7-8,12H,3-6,11H2,1-2H3. The summed E-state index contributed by atoms with van der Waals surface area (Å²) in [5.74, 6) is 0. The Morgan fingerprint density at radius 1 is 1.27 bits per heavy atom. The van der Waals surface area contributed by atoms with Gasteiger partial charge in [0.25, 0.3) is 0 Å². The third-order valence-corrected chi connectivity index (χ3v) is 5.54. The van der Waals surface area contributed by atoms with Crippen molar-refractivity contribution in [3.05, 3.63) is 0 Å². The van der Waals surface area contributed by atoms with Crippen LogP contribution in [0.1, 0.15) is 26.7 Å². The average molecular weight is 475 g/mol. The van der Waals surface area contributed by atoms with E-state index in [1.807, 2.05) is 0 Å². The molecule has 0 amide bonds. The monoisotopic (exact) mass is 475 g/mol. The molecule has 0 saturated heterocycles. The van der Waals surface area contributed by atoms with Crippen molar-refractivity contribution in [1.29, 1.82) is 0 Å². The minimum atomic E-state index is 0.289. The molecule has 0 aliphatic rings. The Hall–Kier alpha value is 2.04. The van der Waals surface area contributed by atoms with Gasteiger partial charge in [-0.2, -0.15) is 0 Å². The first-order valence-electron chi connectivity index (χ1n) is 5.00. The highest BCUT2D eigenvalue weighted by Crippen LogP contribution is 2.20. The van der Waals surface area contributed by atoms with Crippen LogP contribution in [0, 0.1) is 0 Å². The fraction of sp³-hybridized carbons (Fsp3) is 1.00. The predicted octanol–water partition coefficient (Wildman–Crippen LogP) is 3.39. The molecule has 0 rings (SSSR count). The zero-order chi connectivity index (χ0) is 11.7. The van der Waals surface area contributed by atoms with Crippen molar-refractivity contribution in [1.82, 2.24) is 9.03 Å². The molecule has 0 heterocycles. The summed E-state index contributed by atoms with van der Waals surface area (Å²) in [5.41, 5.74) is 5.96. The highest BCUT2D eigenvalue weighted by molar-refractivity contribution is 14.2. The number of rotatable bonds is 9. The fourth-order valence-corrected chi connectivity index (χ4v) is 3.97. The Labute approximate surface area is 126 Å². The van der Waals surface area contributed by atoms with Crippen LogP contribution in [-0.2, 0) is 0 Å². The van der Waals surface area contributed by atoms with Gasteiger partial charge >= 0.3 is 0 Å². The quantitative estimate of drug-likeness (QED) is 0.396. The molecule has 0 radical (unpaired) electrons. The number of nitrogens with one attached hydrogen (secondary N) is 1. The van der Waals surface area contributed by atoms with E-state index >= 15 is 0 Å². The summed E-state index contributed by atoms with van der Waals surface area (Å²) in [7, 11) is 3.42. The van der Waals surface area contributed by atoms with Crippen molar-refractivity contribution in [2.24, 2.45) is 5.73 Å². The van der Waals surface area contributed by atoms with Crippen LogP contribution in [0.15, 0.2) is 0 Å². The molecule has 0 aliphatic carbocycles. The molecule has 3 nitrogen and oxygen atoms in total. The lowest BCUT2D eigenvalue weighted by Crippen LogP contribution is -2.39. The minimum Gasteiger partial charge on any atom is -0.327 e. The Morgan fingerprint density at radius 2 is 1.93 bits per heavy atom. The molecule has 7 heteroatoms. The first-order valence-corrected chi connectivity index (χ1v) is 11.7. The molecule has 15 heavy (non-hydrogen) atoms. The fourth-order valence-electron chi connectivity index (χ4n) is 1.08. The van der Waals surface area contributed by atoms with E-state index in [-0.39, 0.29) is 6.04 Å². The van der Waals surface area contributed by atoms with Crippen molar-refractivity contribution in [3.8, 4) is 0 Å². The van der Waals surface area contributed by atoms with Gasteiger partial charge in [0.05, 0.1) is 0 Å². The van der Waals surface area contributed by atoms with Crippen molar-refractivity contribution < 1.29 is 0 Å². The highest BCUT2D eigenvalue weighted by Gasteiger charge is 2.14. The van der Waals surface area contributed by atoms with Crippen LogP contribution in [0.3, 0.4) is 0 Å². The number of halogens is 2. The Bertz CT molecular complexity index is 154. The topological polar surface area (TPSA) is 41.3 Å². The van der Waals surface area contributed by atoms with E-state index in [9.17, 15) is 0 Å². The van der Waals surface area contributed by atoms with E-state index in [0.717, 1.165) is 25.9 Å². The molecule has 0 aromatic carbocycles. The second-order valence-corrected chi connectivity index (χ2v) is 6.93. The normalized spacial score (nSPS) is 15.6. The van der Waals surface area contributed by atoms with E-state index in [0.29, 0.717) is 6.04 Å². The predicted molar refractivity (Wildman–Crippen MR) is 90.3 cm³/mol. The molecule has 0 fully saturated rings. The lowest BCUT2D eigenvalue weighted by Gasteiger charge is -2.25. The number of nitrogens with zero attached hydrogens (tertiary/aromatic N) is 1. The third kappa shape index (κ3) is 8.72. The zero-order valence-electron chi connectivity index (χ0n) is 9.08. The van der Waals surface area contributed by atoms with Gasteiger partial charge < -0.3 is 5.73 Å². The molecule has 0 bridgehead atoms. The minimum absolute atomic E-state index is 0.289. The molecule has 2 unspecified atom stereocenters. The molecule has 0 aliphatic heterocycles. The van der Waals surface area contributed by atoms with Crippen molar-refractivity contribution in [2.45, 2.75) is 38.8 Å². The van der Waals surface area contributed by atoms with Crippen molar-refractivity contribution in [2.75, 3.05) is 13.1 Å². The molecule has 0 saturated carbocycles. The van der Waals surface area contributed by atoms with Crippen LogP contribution in [-0.4, -0.2) is 29.5 Å². The average Bonchev–Trinajstić information content (AvgIpc) is 2.26. The molecular formula is C8H19I2N3S2. The van der Waals surface area contributed by atoms with Gasteiger partial charge in [-0.25, -0.2) is 4.31 Å². The zero-order valence-corrected chi connectivity index (χ0v) is 15.0. The Morgan fingerprint density at radius 3 is 2.33 bits per heavy atom. The van der Waals surface area contributed by atoms with Gasteiger partial charge in [0, 0.05) is 67.6 Å². The Kier molecular flexibility index (Phi) is 12.7. The SMILES string of the molecule is CCC(N)CN(CC(CC)NSI)SI. The lowest BCUT2D eigenvalue weighted by atomic mass is 10.2. The highest BCUT2D eigenvalue weighted by atomic mass is 127. The lowest BCUT2D eigenvalue weighted by molar-refractivity contribution is 0.383. The molecule has 0 aromatic rings. The van der Waals surface area contributed by atoms with Gasteiger partial charge in [0.15, 0.2) is 0 Å². The molecular weight excluding hydrogens is 456 g/mol. The smallest absolute Gasteiger partial charge is 0.0313 e. The summed E-state index contributed by atoms with van der Waals surface area (Å²) >= 11 is 4.60. The Balaban J connectivity index is 3.94. The van der Waals surface area contributed by atoms with E-state index in [1.165, 1.54) is 0 Å².